The number of likely N-dealkylation sites (tertiary alicyclic amines) is 1. The molecule has 2 amide bonds. The number of rotatable bonds is 8. The Labute approximate surface area is 143 Å². The third-order valence-corrected chi connectivity index (χ3v) is 4.20. The van der Waals surface area contributed by atoms with Crippen LogP contribution in [0.2, 0.25) is 0 Å². The lowest BCUT2D eigenvalue weighted by Gasteiger charge is -2.32. The topological polar surface area (TPSA) is 67.9 Å². The zero-order chi connectivity index (χ0) is 17.4. The number of nitrogens with one attached hydrogen (secondary N) is 1. The molecule has 0 radical (unpaired) electrons. The molecule has 6 heteroatoms. The number of hydrogen-bond acceptors (Lipinski definition) is 4. The normalized spacial score (nSPS) is 17.7. The number of piperidine rings is 1. The van der Waals surface area contributed by atoms with Gasteiger partial charge in [0.1, 0.15) is 5.75 Å². The molecule has 1 atom stereocenters. The summed E-state index contributed by atoms with van der Waals surface area (Å²) in [6.45, 7) is 2.20. The van der Waals surface area contributed by atoms with E-state index in [9.17, 15) is 9.59 Å². The molecule has 132 valence electrons. The van der Waals surface area contributed by atoms with E-state index < -0.39 is 0 Å². The van der Waals surface area contributed by atoms with Crippen LogP contribution in [0.25, 0.3) is 0 Å². The second kappa shape index (κ2) is 9.27. The van der Waals surface area contributed by atoms with Gasteiger partial charge in [-0.25, -0.2) is 0 Å². The lowest BCUT2D eigenvalue weighted by molar-refractivity contribution is -0.138. The first-order chi connectivity index (χ1) is 11.6. The van der Waals surface area contributed by atoms with Crippen LogP contribution < -0.4 is 10.1 Å². The number of ether oxygens (including phenoxy) is 2. The highest BCUT2D eigenvalue weighted by Gasteiger charge is 2.30. The first-order valence-corrected chi connectivity index (χ1v) is 8.31. The lowest BCUT2D eigenvalue weighted by atomic mass is 9.96. The number of nitrogens with zero attached hydrogens (tertiary/aromatic N) is 1. The van der Waals surface area contributed by atoms with Crippen molar-refractivity contribution in [3.05, 3.63) is 29.8 Å². The molecule has 1 aliphatic rings. The van der Waals surface area contributed by atoms with Crippen LogP contribution in [0, 0.1) is 5.92 Å². The second-order valence-electron chi connectivity index (χ2n) is 6.00. The predicted octanol–water partition coefficient (Wildman–Crippen LogP) is 1.59. The summed E-state index contributed by atoms with van der Waals surface area (Å²) in [5, 5.41) is 2.93. The van der Waals surface area contributed by atoms with Gasteiger partial charge in [-0.05, 0) is 30.5 Å². The number of benzene rings is 1. The molecular formula is C18H26N2O4. The fraction of sp³-hybridized carbons (Fsp3) is 0.556. The fourth-order valence-corrected chi connectivity index (χ4v) is 2.85. The first kappa shape index (κ1) is 18.3. The maximum absolute atomic E-state index is 12.3. The van der Waals surface area contributed by atoms with Gasteiger partial charge in [-0.15, -0.1) is 0 Å². The van der Waals surface area contributed by atoms with Crippen molar-refractivity contribution < 1.29 is 19.1 Å². The fourth-order valence-electron chi connectivity index (χ4n) is 2.85. The van der Waals surface area contributed by atoms with Crippen molar-refractivity contribution in [1.29, 1.82) is 0 Å². The van der Waals surface area contributed by atoms with Crippen molar-refractivity contribution in [2.24, 2.45) is 5.92 Å². The zero-order valence-corrected chi connectivity index (χ0v) is 14.4. The monoisotopic (exact) mass is 334 g/mol. The molecule has 0 aliphatic carbocycles. The number of carbonyl (C=O) groups is 2. The number of carbonyl (C=O) groups excluding carboxylic acids is 2. The van der Waals surface area contributed by atoms with Crippen LogP contribution in [0.15, 0.2) is 24.3 Å². The summed E-state index contributed by atoms with van der Waals surface area (Å²) in [6, 6.07) is 7.66. The first-order valence-electron chi connectivity index (χ1n) is 8.31. The van der Waals surface area contributed by atoms with Gasteiger partial charge in [0.15, 0.2) is 0 Å². The Morgan fingerprint density at radius 2 is 2.21 bits per heavy atom. The molecule has 2 rings (SSSR count). The molecule has 1 fully saturated rings. The van der Waals surface area contributed by atoms with Crippen molar-refractivity contribution in [2.45, 2.75) is 25.8 Å². The summed E-state index contributed by atoms with van der Waals surface area (Å²) < 4.78 is 10.2. The van der Waals surface area contributed by atoms with E-state index >= 15 is 0 Å². The maximum Gasteiger partial charge on any atom is 0.224 e. The van der Waals surface area contributed by atoms with Gasteiger partial charge in [-0.1, -0.05) is 12.1 Å². The van der Waals surface area contributed by atoms with Crippen molar-refractivity contribution in [1.82, 2.24) is 10.2 Å². The van der Waals surface area contributed by atoms with Gasteiger partial charge in [0.2, 0.25) is 11.8 Å². The van der Waals surface area contributed by atoms with E-state index in [1.165, 1.54) is 0 Å². The van der Waals surface area contributed by atoms with Gasteiger partial charge in [-0.3, -0.25) is 9.59 Å². The van der Waals surface area contributed by atoms with Crippen LogP contribution in [0.3, 0.4) is 0 Å². The summed E-state index contributed by atoms with van der Waals surface area (Å²) in [6.07, 6.45) is 1.82. The molecule has 1 aromatic rings. The van der Waals surface area contributed by atoms with E-state index in [-0.39, 0.29) is 17.7 Å². The molecule has 1 aliphatic heterocycles. The highest BCUT2D eigenvalue weighted by atomic mass is 16.5. The summed E-state index contributed by atoms with van der Waals surface area (Å²) in [7, 11) is 3.26. The number of amides is 2. The molecule has 0 bridgehead atoms. The van der Waals surface area contributed by atoms with Crippen LogP contribution in [0.5, 0.6) is 5.75 Å². The van der Waals surface area contributed by atoms with Crippen LogP contribution in [-0.2, 0) is 20.9 Å². The average Bonchev–Trinajstić information content (AvgIpc) is 2.60. The SMILES string of the molecule is COCCCNC(=O)[C@H]1CCC(=O)N(Cc2cccc(OC)c2)C1. The summed E-state index contributed by atoms with van der Waals surface area (Å²) in [5.74, 6) is 0.746. The quantitative estimate of drug-likeness (QED) is 0.733. The second-order valence-corrected chi connectivity index (χ2v) is 6.00. The van der Waals surface area contributed by atoms with Crippen molar-refractivity contribution >= 4 is 11.8 Å². The van der Waals surface area contributed by atoms with Gasteiger partial charge in [0.25, 0.3) is 0 Å². The molecule has 0 aromatic heterocycles. The maximum atomic E-state index is 12.3. The van der Waals surface area contributed by atoms with Gasteiger partial charge < -0.3 is 19.7 Å². The van der Waals surface area contributed by atoms with Gasteiger partial charge in [-0.2, -0.15) is 0 Å². The highest BCUT2D eigenvalue weighted by Crippen LogP contribution is 2.21. The third-order valence-electron chi connectivity index (χ3n) is 4.20. The minimum atomic E-state index is -0.143. The molecule has 1 heterocycles. The van der Waals surface area contributed by atoms with E-state index in [2.05, 4.69) is 5.32 Å². The Morgan fingerprint density at radius 1 is 1.38 bits per heavy atom. The Bertz CT molecular complexity index is 562. The van der Waals surface area contributed by atoms with E-state index in [1.807, 2.05) is 24.3 Å². The van der Waals surface area contributed by atoms with Crippen LogP contribution >= 0.6 is 0 Å². The molecular weight excluding hydrogens is 308 g/mol. The largest absolute Gasteiger partial charge is 0.497 e. The van der Waals surface area contributed by atoms with Crippen molar-refractivity contribution in [3.63, 3.8) is 0 Å². The number of methoxy groups -OCH3 is 2. The van der Waals surface area contributed by atoms with E-state index in [4.69, 9.17) is 9.47 Å². The Balaban J connectivity index is 1.90. The third kappa shape index (κ3) is 5.23. The van der Waals surface area contributed by atoms with Crippen molar-refractivity contribution in [3.8, 4) is 5.75 Å². The summed E-state index contributed by atoms with van der Waals surface area (Å²) >= 11 is 0. The molecule has 6 nitrogen and oxygen atoms in total. The zero-order valence-electron chi connectivity index (χ0n) is 14.4. The Hall–Kier alpha value is -2.08. The van der Waals surface area contributed by atoms with Gasteiger partial charge in [0.05, 0.1) is 13.0 Å². The minimum Gasteiger partial charge on any atom is -0.497 e. The summed E-state index contributed by atoms with van der Waals surface area (Å²) in [5.41, 5.74) is 1.00. The van der Waals surface area contributed by atoms with E-state index in [0.29, 0.717) is 39.1 Å². The van der Waals surface area contributed by atoms with E-state index in [0.717, 1.165) is 17.7 Å². The molecule has 0 saturated carbocycles. The summed E-state index contributed by atoms with van der Waals surface area (Å²) in [4.78, 5) is 26.2. The van der Waals surface area contributed by atoms with Crippen LogP contribution in [0.4, 0.5) is 0 Å². The molecule has 1 aromatic carbocycles. The van der Waals surface area contributed by atoms with Gasteiger partial charge >= 0.3 is 0 Å². The standard InChI is InChI=1S/C18H26N2O4/c1-23-10-4-9-19-18(22)15-7-8-17(21)20(13-15)12-14-5-3-6-16(11-14)24-2/h3,5-6,11,15H,4,7-10,12-13H2,1-2H3,(H,19,22)/t15-/m0/s1. The predicted molar refractivity (Wildman–Crippen MR) is 90.6 cm³/mol. The van der Waals surface area contributed by atoms with Crippen LogP contribution in [0.1, 0.15) is 24.8 Å². The lowest BCUT2D eigenvalue weighted by Crippen LogP contribution is -2.45. The minimum absolute atomic E-state index is 0.0224. The molecule has 1 saturated heterocycles. The Morgan fingerprint density at radius 3 is 2.96 bits per heavy atom. The van der Waals surface area contributed by atoms with Crippen molar-refractivity contribution in [2.75, 3.05) is 33.9 Å². The molecule has 0 spiro atoms. The molecule has 1 N–H and O–H groups in total. The van der Waals surface area contributed by atoms with Gasteiger partial charge in [0, 0.05) is 39.8 Å². The highest BCUT2D eigenvalue weighted by molar-refractivity contribution is 5.83. The average molecular weight is 334 g/mol. The Kier molecular flexibility index (Phi) is 7.06. The molecule has 24 heavy (non-hydrogen) atoms. The smallest absolute Gasteiger partial charge is 0.224 e. The number of hydrogen-bond donors (Lipinski definition) is 1. The molecule has 0 unspecified atom stereocenters. The van der Waals surface area contributed by atoms with E-state index in [1.54, 1.807) is 19.1 Å². The van der Waals surface area contributed by atoms with Crippen LogP contribution in [-0.4, -0.2) is 50.6 Å².